The lowest BCUT2D eigenvalue weighted by atomic mass is 10.2. The number of hydrogen-bond donors (Lipinski definition) is 2. The summed E-state index contributed by atoms with van der Waals surface area (Å²) in [4.78, 5) is 2.27. The molecule has 0 bridgehead atoms. The highest BCUT2D eigenvalue weighted by atomic mass is 32.2. The summed E-state index contributed by atoms with van der Waals surface area (Å²) in [6.45, 7) is 8.86. The maximum absolute atomic E-state index is 12.0. The number of rotatable bonds is 7. The second kappa shape index (κ2) is 7.40. The van der Waals surface area contributed by atoms with Gasteiger partial charge >= 0.3 is 0 Å². The average Bonchev–Trinajstić information content (AvgIpc) is 2.34. The molecule has 0 unspecified atom stereocenters. The van der Waals surface area contributed by atoms with Crippen molar-refractivity contribution in [2.24, 2.45) is 11.7 Å². The molecule has 0 aromatic heterocycles. The molecule has 1 aliphatic rings. The van der Waals surface area contributed by atoms with E-state index in [0.717, 1.165) is 26.1 Å². The summed E-state index contributed by atoms with van der Waals surface area (Å²) in [6.07, 6.45) is 0.971. The predicted octanol–water partition coefficient (Wildman–Crippen LogP) is -0.557. The Morgan fingerprint density at radius 3 is 2.33 bits per heavy atom. The summed E-state index contributed by atoms with van der Waals surface area (Å²) in [6, 6.07) is 0. The van der Waals surface area contributed by atoms with Gasteiger partial charge in [0.15, 0.2) is 0 Å². The van der Waals surface area contributed by atoms with Gasteiger partial charge in [0.25, 0.3) is 10.2 Å². The molecular weight excluding hydrogens is 252 g/mol. The minimum Gasteiger partial charge on any atom is -0.330 e. The van der Waals surface area contributed by atoms with Crippen LogP contribution in [0.4, 0.5) is 0 Å². The minimum atomic E-state index is -3.29. The van der Waals surface area contributed by atoms with Gasteiger partial charge in [0.1, 0.15) is 0 Å². The highest BCUT2D eigenvalue weighted by Crippen LogP contribution is 2.06. The Labute approximate surface area is 111 Å². The van der Waals surface area contributed by atoms with Crippen LogP contribution in [-0.4, -0.2) is 63.4 Å². The van der Waals surface area contributed by atoms with Crippen molar-refractivity contribution in [3.8, 4) is 0 Å². The number of nitrogens with two attached hydrogens (primary N) is 1. The van der Waals surface area contributed by atoms with E-state index in [1.165, 1.54) is 4.31 Å². The molecule has 3 N–H and O–H groups in total. The Balaban J connectivity index is 2.37. The molecular formula is C11H26N4O2S. The highest BCUT2D eigenvalue weighted by Gasteiger charge is 2.26. The lowest BCUT2D eigenvalue weighted by molar-refractivity contribution is 0.186. The van der Waals surface area contributed by atoms with Crippen LogP contribution in [0.1, 0.15) is 20.3 Å². The van der Waals surface area contributed by atoms with Crippen molar-refractivity contribution in [3.05, 3.63) is 0 Å². The zero-order chi connectivity index (χ0) is 13.6. The molecule has 0 atom stereocenters. The first-order chi connectivity index (χ1) is 8.45. The largest absolute Gasteiger partial charge is 0.330 e. The molecule has 0 radical (unpaired) electrons. The van der Waals surface area contributed by atoms with Crippen LogP contribution in [0.2, 0.25) is 0 Å². The van der Waals surface area contributed by atoms with E-state index in [0.29, 0.717) is 32.1 Å². The summed E-state index contributed by atoms with van der Waals surface area (Å²) < 4.78 is 28.2. The van der Waals surface area contributed by atoms with Gasteiger partial charge in [-0.15, -0.1) is 0 Å². The van der Waals surface area contributed by atoms with E-state index in [9.17, 15) is 8.42 Å². The Hall–Kier alpha value is -0.210. The van der Waals surface area contributed by atoms with Crippen LogP contribution in [-0.2, 0) is 10.2 Å². The van der Waals surface area contributed by atoms with Crippen LogP contribution in [0.5, 0.6) is 0 Å². The third kappa shape index (κ3) is 5.19. The molecule has 1 fully saturated rings. The Kier molecular flexibility index (Phi) is 6.51. The van der Waals surface area contributed by atoms with Gasteiger partial charge in [0.2, 0.25) is 0 Å². The third-order valence-corrected chi connectivity index (χ3v) is 4.60. The summed E-state index contributed by atoms with van der Waals surface area (Å²) in [5.41, 5.74) is 5.47. The molecule has 0 aromatic rings. The zero-order valence-corrected chi connectivity index (χ0v) is 12.2. The van der Waals surface area contributed by atoms with E-state index in [-0.39, 0.29) is 0 Å². The van der Waals surface area contributed by atoms with Crippen molar-refractivity contribution in [2.75, 3.05) is 45.8 Å². The van der Waals surface area contributed by atoms with Crippen molar-refractivity contribution >= 4 is 10.2 Å². The van der Waals surface area contributed by atoms with E-state index in [2.05, 4.69) is 9.62 Å². The standard InChI is InChI=1S/C11H26N4O2S/c1-11(2)10-13-18(16,17)15-8-6-14(7-9-15)5-3-4-12/h11,13H,3-10,12H2,1-2H3. The normalized spacial score (nSPS) is 19.6. The second-order valence-electron chi connectivity index (χ2n) is 5.13. The average molecular weight is 278 g/mol. The molecule has 1 saturated heterocycles. The van der Waals surface area contributed by atoms with Crippen LogP contribution in [0.15, 0.2) is 0 Å². The quantitative estimate of drug-likeness (QED) is 0.654. The SMILES string of the molecule is CC(C)CNS(=O)(=O)N1CCN(CCCN)CC1. The van der Waals surface area contributed by atoms with E-state index in [4.69, 9.17) is 5.73 Å². The fraction of sp³-hybridized carbons (Fsp3) is 1.00. The maximum atomic E-state index is 12.0. The molecule has 0 saturated carbocycles. The molecule has 0 amide bonds. The van der Waals surface area contributed by atoms with Crippen LogP contribution in [0, 0.1) is 5.92 Å². The number of piperazine rings is 1. The van der Waals surface area contributed by atoms with E-state index >= 15 is 0 Å². The van der Waals surface area contributed by atoms with Crippen molar-refractivity contribution < 1.29 is 8.42 Å². The molecule has 0 aromatic carbocycles. The predicted molar refractivity (Wildman–Crippen MR) is 73.4 cm³/mol. The second-order valence-corrected chi connectivity index (χ2v) is 6.89. The van der Waals surface area contributed by atoms with Gasteiger partial charge < -0.3 is 10.6 Å². The molecule has 1 aliphatic heterocycles. The van der Waals surface area contributed by atoms with Gasteiger partial charge in [-0.25, -0.2) is 4.72 Å². The topological polar surface area (TPSA) is 78.7 Å². The summed E-state index contributed by atoms with van der Waals surface area (Å²) in [5, 5.41) is 0. The molecule has 7 heteroatoms. The van der Waals surface area contributed by atoms with Crippen molar-refractivity contribution in [2.45, 2.75) is 20.3 Å². The molecule has 0 aliphatic carbocycles. The van der Waals surface area contributed by atoms with E-state index in [1.54, 1.807) is 0 Å². The smallest absolute Gasteiger partial charge is 0.279 e. The molecule has 1 rings (SSSR count). The number of hydrogen-bond acceptors (Lipinski definition) is 4. The van der Waals surface area contributed by atoms with Gasteiger partial charge in [0.05, 0.1) is 0 Å². The third-order valence-electron chi connectivity index (χ3n) is 3.02. The highest BCUT2D eigenvalue weighted by molar-refractivity contribution is 7.87. The summed E-state index contributed by atoms with van der Waals surface area (Å²) >= 11 is 0. The van der Waals surface area contributed by atoms with Gasteiger partial charge in [-0.1, -0.05) is 13.8 Å². The summed E-state index contributed by atoms with van der Waals surface area (Å²) in [7, 11) is -3.29. The van der Waals surface area contributed by atoms with E-state index < -0.39 is 10.2 Å². The fourth-order valence-corrected chi connectivity index (χ4v) is 3.24. The molecule has 0 spiro atoms. The number of nitrogens with zero attached hydrogens (tertiary/aromatic N) is 2. The van der Waals surface area contributed by atoms with E-state index in [1.807, 2.05) is 13.8 Å². The van der Waals surface area contributed by atoms with Gasteiger partial charge in [-0.2, -0.15) is 12.7 Å². The van der Waals surface area contributed by atoms with Crippen molar-refractivity contribution in [1.29, 1.82) is 0 Å². The Morgan fingerprint density at radius 1 is 1.22 bits per heavy atom. The van der Waals surface area contributed by atoms with Crippen LogP contribution in [0.25, 0.3) is 0 Å². The van der Waals surface area contributed by atoms with Crippen LogP contribution in [0.3, 0.4) is 0 Å². The van der Waals surface area contributed by atoms with Crippen molar-refractivity contribution in [3.63, 3.8) is 0 Å². The fourth-order valence-electron chi connectivity index (χ4n) is 1.87. The van der Waals surface area contributed by atoms with Gasteiger partial charge in [-0.3, -0.25) is 0 Å². The molecule has 108 valence electrons. The minimum absolute atomic E-state index is 0.325. The van der Waals surface area contributed by atoms with Gasteiger partial charge in [-0.05, 0) is 25.4 Å². The first-order valence-corrected chi connectivity index (χ1v) is 8.07. The van der Waals surface area contributed by atoms with Gasteiger partial charge in [0, 0.05) is 32.7 Å². The Bertz CT molecular complexity index is 324. The molecule has 1 heterocycles. The zero-order valence-electron chi connectivity index (χ0n) is 11.4. The van der Waals surface area contributed by atoms with Crippen LogP contribution < -0.4 is 10.5 Å². The lowest BCUT2D eigenvalue weighted by Crippen LogP contribution is -2.52. The Morgan fingerprint density at radius 2 is 1.83 bits per heavy atom. The monoisotopic (exact) mass is 278 g/mol. The first-order valence-electron chi connectivity index (χ1n) is 6.63. The summed E-state index contributed by atoms with van der Waals surface area (Å²) in [5.74, 6) is 0.325. The van der Waals surface area contributed by atoms with Crippen molar-refractivity contribution in [1.82, 2.24) is 13.9 Å². The maximum Gasteiger partial charge on any atom is 0.279 e. The van der Waals surface area contributed by atoms with Crippen LogP contribution >= 0.6 is 0 Å². The molecule has 6 nitrogen and oxygen atoms in total. The lowest BCUT2D eigenvalue weighted by Gasteiger charge is -2.33. The molecule has 18 heavy (non-hydrogen) atoms. The first kappa shape index (κ1) is 15.8. The number of nitrogens with one attached hydrogen (secondary N) is 1.